The van der Waals surface area contributed by atoms with Gasteiger partial charge in [0, 0.05) is 17.1 Å². The SMILES string of the molecule is Cc1cc2c(N)cc(C(F)F)nc2cc1F. The fourth-order valence-electron chi connectivity index (χ4n) is 1.51. The first kappa shape index (κ1) is 10.7. The van der Waals surface area contributed by atoms with Gasteiger partial charge in [-0.05, 0) is 24.6 Å². The summed E-state index contributed by atoms with van der Waals surface area (Å²) < 4.78 is 38.1. The number of fused-ring (bicyclic) bond motifs is 1. The van der Waals surface area contributed by atoms with Crippen LogP contribution in [-0.4, -0.2) is 4.98 Å². The number of anilines is 1. The van der Waals surface area contributed by atoms with Gasteiger partial charge in [-0.25, -0.2) is 18.2 Å². The van der Waals surface area contributed by atoms with E-state index in [0.717, 1.165) is 12.1 Å². The third kappa shape index (κ3) is 1.68. The molecule has 0 amide bonds. The molecule has 0 atom stereocenters. The Hall–Kier alpha value is -1.78. The summed E-state index contributed by atoms with van der Waals surface area (Å²) >= 11 is 0. The molecule has 0 bridgehead atoms. The van der Waals surface area contributed by atoms with E-state index in [4.69, 9.17) is 5.73 Å². The van der Waals surface area contributed by atoms with Crippen LogP contribution >= 0.6 is 0 Å². The summed E-state index contributed by atoms with van der Waals surface area (Å²) in [5.74, 6) is -0.481. The quantitative estimate of drug-likeness (QED) is 0.810. The minimum absolute atomic E-state index is 0.151. The van der Waals surface area contributed by atoms with Gasteiger partial charge in [-0.3, -0.25) is 0 Å². The predicted octanol–water partition coefficient (Wildman–Crippen LogP) is 3.20. The van der Waals surface area contributed by atoms with Crippen molar-refractivity contribution in [3.63, 3.8) is 0 Å². The van der Waals surface area contributed by atoms with Gasteiger partial charge in [0.15, 0.2) is 0 Å². The predicted molar refractivity (Wildman–Crippen MR) is 55.8 cm³/mol. The van der Waals surface area contributed by atoms with E-state index >= 15 is 0 Å². The highest BCUT2D eigenvalue weighted by atomic mass is 19.3. The van der Waals surface area contributed by atoms with Crippen molar-refractivity contribution in [2.75, 3.05) is 5.73 Å². The summed E-state index contributed by atoms with van der Waals surface area (Å²) in [6, 6.07) is 3.74. The van der Waals surface area contributed by atoms with Crippen LogP contribution in [0.1, 0.15) is 17.7 Å². The maximum Gasteiger partial charge on any atom is 0.280 e. The number of pyridine rings is 1. The van der Waals surface area contributed by atoms with Crippen LogP contribution in [0.2, 0.25) is 0 Å². The molecule has 2 nitrogen and oxygen atoms in total. The number of nitrogen functional groups attached to an aromatic ring is 1. The van der Waals surface area contributed by atoms with Crippen LogP contribution in [0.5, 0.6) is 0 Å². The van der Waals surface area contributed by atoms with E-state index in [2.05, 4.69) is 4.98 Å². The molecule has 0 aliphatic rings. The lowest BCUT2D eigenvalue weighted by molar-refractivity contribution is 0.146. The molecule has 0 unspecified atom stereocenters. The van der Waals surface area contributed by atoms with E-state index in [9.17, 15) is 13.2 Å². The van der Waals surface area contributed by atoms with Crippen molar-refractivity contribution in [2.24, 2.45) is 0 Å². The first-order valence-corrected chi connectivity index (χ1v) is 4.63. The number of nitrogens with zero attached hydrogens (tertiary/aromatic N) is 1. The van der Waals surface area contributed by atoms with Gasteiger partial charge in [-0.2, -0.15) is 0 Å². The summed E-state index contributed by atoms with van der Waals surface area (Å²) in [6.07, 6.45) is -2.71. The van der Waals surface area contributed by atoms with Crippen LogP contribution in [0.3, 0.4) is 0 Å². The minimum atomic E-state index is -2.71. The zero-order valence-electron chi connectivity index (χ0n) is 8.47. The Morgan fingerprint density at radius 2 is 1.94 bits per heavy atom. The maximum absolute atomic E-state index is 13.2. The second kappa shape index (κ2) is 3.66. The molecule has 0 aliphatic heterocycles. The number of rotatable bonds is 1. The van der Waals surface area contributed by atoms with Gasteiger partial charge in [0.25, 0.3) is 6.43 Å². The molecule has 0 radical (unpaired) electrons. The first-order chi connectivity index (χ1) is 7.49. The lowest BCUT2D eigenvalue weighted by Gasteiger charge is -2.07. The van der Waals surface area contributed by atoms with Crippen molar-refractivity contribution >= 4 is 16.6 Å². The van der Waals surface area contributed by atoms with E-state index in [0.29, 0.717) is 10.9 Å². The van der Waals surface area contributed by atoms with Crippen molar-refractivity contribution in [2.45, 2.75) is 13.3 Å². The summed E-state index contributed by atoms with van der Waals surface area (Å²) in [4.78, 5) is 3.67. The Morgan fingerprint density at radius 1 is 1.25 bits per heavy atom. The van der Waals surface area contributed by atoms with Crippen LogP contribution in [0, 0.1) is 12.7 Å². The van der Waals surface area contributed by atoms with Gasteiger partial charge in [-0.15, -0.1) is 0 Å². The average molecular weight is 226 g/mol. The molecule has 2 rings (SSSR count). The average Bonchev–Trinajstić information content (AvgIpc) is 2.20. The van der Waals surface area contributed by atoms with Gasteiger partial charge in [0.2, 0.25) is 0 Å². The van der Waals surface area contributed by atoms with Gasteiger partial charge >= 0.3 is 0 Å². The number of nitrogens with two attached hydrogens (primary N) is 1. The Balaban J connectivity index is 2.77. The molecule has 2 aromatic rings. The van der Waals surface area contributed by atoms with Gasteiger partial charge < -0.3 is 5.73 Å². The van der Waals surface area contributed by atoms with Crippen molar-refractivity contribution < 1.29 is 13.2 Å². The molecule has 1 aromatic carbocycles. The largest absolute Gasteiger partial charge is 0.398 e. The minimum Gasteiger partial charge on any atom is -0.398 e. The zero-order chi connectivity index (χ0) is 11.9. The lowest BCUT2D eigenvalue weighted by Crippen LogP contribution is -1.97. The number of benzene rings is 1. The van der Waals surface area contributed by atoms with Gasteiger partial charge in [0.05, 0.1) is 5.52 Å². The molecule has 2 N–H and O–H groups in total. The number of aryl methyl sites for hydroxylation is 1. The van der Waals surface area contributed by atoms with Crippen LogP contribution in [-0.2, 0) is 0 Å². The second-order valence-corrected chi connectivity index (χ2v) is 3.56. The van der Waals surface area contributed by atoms with E-state index < -0.39 is 17.9 Å². The Bertz CT molecular complexity index is 552. The monoisotopic (exact) mass is 226 g/mol. The third-order valence-corrected chi connectivity index (χ3v) is 2.36. The summed E-state index contributed by atoms with van der Waals surface area (Å²) in [5, 5.41) is 0.489. The van der Waals surface area contributed by atoms with Gasteiger partial charge in [-0.1, -0.05) is 0 Å². The highest BCUT2D eigenvalue weighted by Gasteiger charge is 2.13. The van der Waals surface area contributed by atoms with Crippen LogP contribution in [0.25, 0.3) is 10.9 Å². The zero-order valence-corrected chi connectivity index (χ0v) is 8.47. The van der Waals surface area contributed by atoms with Crippen molar-refractivity contribution in [3.8, 4) is 0 Å². The Morgan fingerprint density at radius 3 is 2.56 bits per heavy atom. The normalized spacial score (nSPS) is 11.3. The highest BCUT2D eigenvalue weighted by Crippen LogP contribution is 2.27. The van der Waals surface area contributed by atoms with E-state index in [1.807, 2.05) is 0 Å². The molecule has 5 heteroatoms. The standard InChI is InChI=1S/C11H9F3N2/c1-5-2-6-8(15)4-10(11(13)14)16-9(6)3-7(5)12/h2-4,11H,1H3,(H2,15,16). The van der Waals surface area contributed by atoms with E-state index in [1.165, 1.54) is 6.07 Å². The summed E-state index contributed by atoms with van der Waals surface area (Å²) in [6.45, 7) is 1.58. The number of alkyl halides is 2. The van der Waals surface area contributed by atoms with Crippen molar-refractivity contribution in [1.29, 1.82) is 0 Å². The molecular weight excluding hydrogens is 217 g/mol. The number of halogens is 3. The molecule has 0 spiro atoms. The first-order valence-electron chi connectivity index (χ1n) is 4.63. The molecule has 0 saturated heterocycles. The smallest absolute Gasteiger partial charge is 0.280 e. The number of hydrogen-bond acceptors (Lipinski definition) is 2. The van der Waals surface area contributed by atoms with Crippen LogP contribution < -0.4 is 5.73 Å². The Labute approximate surface area is 89.9 Å². The molecular formula is C11H9F3N2. The summed E-state index contributed by atoms with van der Waals surface area (Å²) in [5.41, 5.74) is 5.92. The number of aromatic nitrogens is 1. The van der Waals surface area contributed by atoms with Crippen molar-refractivity contribution in [3.05, 3.63) is 35.3 Å². The second-order valence-electron chi connectivity index (χ2n) is 3.56. The molecule has 0 saturated carbocycles. The van der Waals surface area contributed by atoms with E-state index in [-0.39, 0.29) is 11.2 Å². The van der Waals surface area contributed by atoms with Gasteiger partial charge in [0.1, 0.15) is 11.5 Å². The molecule has 1 heterocycles. The van der Waals surface area contributed by atoms with Crippen LogP contribution in [0.15, 0.2) is 18.2 Å². The number of hydrogen-bond donors (Lipinski definition) is 1. The molecule has 0 aliphatic carbocycles. The molecule has 84 valence electrons. The topological polar surface area (TPSA) is 38.9 Å². The molecule has 16 heavy (non-hydrogen) atoms. The fourth-order valence-corrected chi connectivity index (χ4v) is 1.51. The summed E-state index contributed by atoms with van der Waals surface area (Å²) in [7, 11) is 0. The lowest BCUT2D eigenvalue weighted by atomic mass is 10.1. The molecule has 0 fully saturated rings. The fraction of sp³-hybridized carbons (Fsp3) is 0.182. The Kier molecular flexibility index (Phi) is 2.46. The highest BCUT2D eigenvalue weighted by molar-refractivity contribution is 5.90. The third-order valence-electron chi connectivity index (χ3n) is 2.36. The van der Waals surface area contributed by atoms with E-state index in [1.54, 1.807) is 6.92 Å². The molecule has 1 aromatic heterocycles. The maximum atomic E-state index is 13.2. The van der Waals surface area contributed by atoms with Crippen molar-refractivity contribution in [1.82, 2.24) is 4.98 Å². The van der Waals surface area contributed by atoms with Crippen LogP contribution in [0.4, 0.5) is 18.9 Å².